The van der Waals surface area contributed by atoms with Gasteiger partial charge in [0.2, 0.25) is 5.91 Å². The van der Waals surface area contributed by atoms with Gasteiger partial charge in [-0.2, -0.15) is 0 Å². The predicted molar refractivity (Wildman–Crippen MR) is 70.2 cm³/mol. The summed E-state index contributed by atoms with van der Waals surface area (Å²) in [7, 11) is 1.86. The number of nitrogens with one attached hydrogen (secondary N) is 2. The first-order valence-corrected chi connectivity index (χ1v) is 6.29. The van der Waals surface area contributed by atoms with Crippen LogP contribution < -0.4 is 10.6 Å². The average molecular weight is 248 g/mol. The van der Waals surface area contributed by atoms with Gasteiger partial charge >= 0.3 is 0 Å². The first-order chi connectivity index (χ1) is 8.72. The molecule has 0 aromatic heterocycles. The monoisotopic (exact) mass is 248 g/mol. The van der Waals surface area contributed by atoms with E-state index in [-0.39, 0.29) is 17.9 Å². The Balaban J connectivity index is 1.90. The fourth-order valence-electron chi connectivity index (χ4n) is 2.22. The lowest BCUT2D eigenvalue weighted by atomic mass is 10.0. The number of hydrogen-bond donors (Lipinski definition) is 2. The molecule has 1 aliphatic rings. The summed E-state index contributed by atoms with van der Waals surface area (Å²) >= 11 is 0. The van der Waals surface area contributed by atoms with Crippen molar-refractivity contribution in [3.8, 4) is 0 Å². The lowest BCUT2D eigenvalue weighted by Gasteiger charge is -2.16. The lowest BCUT2D eigenvalue weighted by Crippen LogP contribution is -2.42. The van der Waals surface area contributed by atoms with Gasteiger partial charge in [0.15, 0.2) is 0 Å². The van der Waals surface area contributed by atoms with E-state index in [9.17, 15) is 4.79 Å². The third-order valence-corrected chi connectivity index (χ3v) is 3.50. The summed E-state index contributed by atoms with van der Waals surface area (Å²) in [6.07, 6.45) is 0. The Hall–Kier alpha value is -1.39. The second kappa shape index (κ2) is 5.98. The van der Waals surface area contributed by atoms with E-state index in [1.54, 1.807) is 0 Å². The highest BCUT2D eigenvalue weighted by Gasteiger charge is 2.32. The zero-order chi connectivity index (χ0) is 13.0. The minimum atomic E-state index is -0.0842. The van der Waals surface area contributed by atoms with Crippen LogP contribution in [-0.4, -0.2) is 32.2 Å². The van der Waals surface area contributed by atoms with Crippen LogP contribution in [0.15, 0.2) is 24.3 Å². The highest BCUT2D eigenvalue weighted by molar-refractivity contribution is 5.79. The minimum absolute atomic E-state index is 0.0649. The Morgan fingerprint density at radius 3 is 2.89 bits per heavy atom. The maximum Gasteiger partial charge on any atom is 0.227 e. The number of hydrogen-bond acceptors (Lipinski definition) is 3. The second-order valence-corrected chi connectivity index (χ2v) is 4.68. The standard InChI is InChI=1S/C14H20N2O2/c1-10-5-3-4-6-11(10)7-16-14(17)12-8-18-9-13(12)15-2/h3-6,12-13,15H,7-9H2,1-2H3,(H,16,17). The number of rotatable bonds is 4. The van der Waals surface area contributed by atoms with Crippen molar-refractivity contribution in [1.82, 2.24) is 10.6 Å². The molecule has 2 atom stereocenters. The molecule has 1 saturated heterocycles. The van der Waals surface area contributed by atoms with Crippen LogP contribution in [0.3, 0.4) is 0 Å². The van der Waals surface area contributed by atoms with Gasteiger partial charge in [0.1, 0.15) is 0 Å². The van der Waals surface area contributed by atoms with Crippen molar-refractivity contribution in [2.45, 2.75) is 19.5 Å². The highest BCUT2D eigenvalue weighted by atomic mass is 16.5. The number of amides is 1. The van der Waals surface area contributed by atoms with Crippen molar-refractivity contribution in [2.75, 3.05) is 20.3 Å². The van der Waals surface area contributed by atoms with Crippen LogP contribution >= 0.6 is 0 Å². The molecular weight excluding hydrogens is 228 g/mol. The van der Waals surface area contributed by atoms with Crippen LogP contribution in [0.1, 0.15) is 11.1 Å². The number of carbonyl (C=O) groups excluding carboxylic acids is 1. The van der Waals surface area contributed by atoms with Gasteiger partial charge < -0.3 is 15.4 Å². The molecular formula is C14H20N2O2. The largest absolute Gasteiger partial charge is 0.379 e. The number of aryl methyl sites for hydroxylation is 1. The molecule has 1 heterocycles. The second-order valence-electron chi connectivity index (χ2n) is 4.68. The molecule has 2 rings (SSSR count). The molecule has 4 nitrogen and oxygen atoms in total. The zero-order valence-electron chi connectivity index (χ0n) is 10.9. The quantitative estimate of drug-likeness (QED) is 0.830. The Morgan fingerprint density at radius 1 is 1.39 bits per heavy atom. The van der Waals surface area contributed by atoms with E-state index in [4.69, 9.17) is 4.74 Å². The molecule has 1 aliphatic heterocycles. The topological polar surface area (TPSA) is 50.4 Å². The van der Waals surface area contributed by atoms with Crippen molar-refractivity contribution in [2.24, 2.45) is 5.92 Å². The summed E-state index contributed by atoms with van der Waals surface area (Å²) in [5.41, 5.74) is 2.36. The number of ether oxygens (including phenoxy) is 1. The molecule has 2 N–H and O–H groups in total. The van der Waals surface area contributed by atoms with Gasteiger partial charge in [-0.05, 0) is 25.1 Å². The van der Waals surface area contributed by atoms with E-state index in [2.05, 4.69) is 23.6 Å². The van der Waals surface area contributed by atoms with E-state index >= 15 is 0 Å². The molecule has 1 aromatic rings. The van der Waals surface area contributed by atoms with Crippen molar-refractivity contribution >= 4 is 5.91 Å². The van der Waals surface area contributed by atoms with E-state index in [0.717, 1.165) is 5.56 Å². The van der Waals surface area contributed by atoms with Gasteiger partial charge in [0.05, 0.1) is 19.1 Å². The highest BCUT2D eigenvalue weighted by Crippen LogP contribution is 2.14. The molecule has 1 fully saturated rings. The summed E-state index contributed by atoms with van der Waals surface area (Å²) < 4.78 is 5.33. The smallest absolute Gasteiger partial charge is 0.227 e. The first-order valence-electron chi connectivity index (χ1n) is 6.29. The fraction of sp³-hybridized carbons (Fsp3) is 0.500. The van der Waals surface area contributed by atoms with E-state index in [1.807, 2.05) is 25.2 Å². The Labute approximate surface area is 108 Å². The Kier molecular flexibility index (Phi) is 4.33. The fourth-order valence-corrected chi connectivity index (χ4v) is 2.22. The van der Waals surface area contributed by atoms with E-state index < -0.39 is 0 Å². The summed E-state index contributed by atoms with van der Waals surface area (Å²) in [5, 5.41) is 6.11. The number of benzene rings is 1. The Bertz CT molecular complexity index is 420. The van der Waals surface area contributed by atoms with Crippen molar-refractivity contribution in [3.05, 3.63) is 35.4 Å². The normalized spacial score (nSPS) is 23.0. The molecule has 2 unspecified atom stereocenters. The van der Waals surface area contributed by atoms with Gasteiger partial charge in [-0.3, -0.25) is 4.79 Å². The molecule has 18 heavy (non-hydrogen) atoms. The van der Waals surface area contributed by atoms with Crippen molar-refractivity contribution in [1.29, 1.82) is 0 Å². The molecule has 0 spiro atoms. The van der Waals surface area contributed by atoms with Crippen LogP contribution in [0.25, 0.3) is 0 Å². The third kappa shape index (κ3) is 2.89. The van der Waals surface area contributed by atoms with E-state index in [0.29, 0.717) is 19.8 Å². The SMILES string of the molecule is CNC1COCC1C(=O)NCc1ccccc1C. The average Bonchev–Trinajstić information content (AvgIpc) is 2.86. The molecule has 1 aromatic carbocycles. The van der Waals surface area contributed by atoms with Gasteiger partial charge in [-0.25, -0.2) is 0 Å². The predicted octanol–water partition coefficient (Wildman–Crippen LogP) is 0.846. The number of carbonyl (C=O) groups is 1. The molecule has 0 saturated carbocycles. The Morgan fingerprint density at radius 2 is 2.17 bits per heavy atom. The molecule has 1 amide bonds. The minimum Gasteiger partial charge on any atom is -0.379 e. The summed E-state index contributed by atoms with van der Waals surface area (Å²) in [4.78, 5) is 12.1. The third-order valence-electron chi connectivity index (χ3n) is 3.50. The molecule has 0 radical (unpaired) electrons. The molecule has 98 valence electrons. The maximum atomic E-state index is 12.1. The summed E-state index contributed by atoms with van der Waals surface area (Å²) in [6.45, 7) is 3.75. The van der Waals surface area contributed by atoms with Crippen LogP contribution in [0.5, 0.6) is 0 Å². The number of likely N-dealkylation sites (N-methyl/N-ethyl adjacent to an activating group) is 1. The van der Waals surface area contributed by atoms with Crippen LogP contribution in [0.4, 0.5) is 0 Å². The molecule has 0 aliphatic carbocycles. The van der Waals surface area contributed by atoms with Crippen molar-refractivity contribution < 1.29 is 9.53 Å². The van der Waals surface area contributed by atoms with Crippen LogP contribution in [0, 0.1) is 12.8 Å². The van der Waals surface area contributed by atoms with Gasteiger partial charge in [0.25, 0.3) is 0 Å². The van der Waals surface area contributed by atoms with Gasteiger partial charge in [-0.15, -0.1) is 0 Å². The molecule has 4 heteroatoms. The van der Waals surface area contributed by atoms with Crippen molar-refractivity contribution in [3.63, 3.8) is 0 Å². The molecule has 0 bridgehead atoms. The zero-order valence-corrected chi connectivity index (χ0v) is 10.9. The van der Waals surface area contributed by atoms with Gasteiger partial charge in [0, 0.05) is 12.6 Å². The lowest BCUT2D eigenvalue weighted by molar-refractivity contribution is -0.125. The van der Waals surface area contributed by atoms with Gasteiger partial charge in [-0.1, -0.05) is 24.3 Å². The van der Waals surface area contributed by atoms with E-state index in [1.165, 1.54) is 5.56 Å². The summed E-state index contributed by atoms with van der Waals surface area (Å²) in [6, 6.07) is 8.21. The maximum absolute atomic E-state index is 12.1. The van der Waals surface area contributed by atoms with Crippen LogP contribution in [0.2, 0.25) is 0 Å². The summed E-state index contributed by atoms with van der Waals surface area (Å²) in [5.74, 6) is -0.0193. The van der Waals surface area contributed by atoms with Crippen LogP contribution in [-0.2, 0) is 16.1 Å². The first kappa shape index (κ1) is 13.1.